The monoisotopic (exact) mass is 285 g/mol. The van der Waals surface area contributed by atoms with Crippen molar-refractivity contribution in [1.29, 1.82) is 0 Å². The maximum atomic E-state index is 3.59. The highest BCUT2D eigenvalue weighted by molar-refractivity contribution is 5.49. The summed E-state index contributed by atoms with van der Waals surface area (Å²) in [6.45, 7) is 7.15. The summed E-state index contributed by atoms with van der Waals surface area (Å²) in [4.78, 5) is 5.31. The summed E-state index contributed by atoms with van der Waals surface area (Å²) in [7, 11) is 0. The van der Waals surface area contributed by atoms with Crippen LogP contribution in [0.5, 0.6) is 0 Å². The van der Waals surface area contributed by atoms with Crippen LogP contribution >= 0.6 is 0 Å². The van der Waals surface area contributed by atoms with Gasteiger partial charge in [0.05, 0.1) is 0 Å². The molecule has 2 atom stereocenters. The molecule has 2 saturated heterocycles. The second-order valence-electron chi connectivity index (χ2n) is 7.11. The lowest BCUT2D eigenvalue weighted by Crippen LogP contribution is -2.55. The van der Waals surface area contributed by atoms with Gasteiger partial charge in [-0.15, -0.1) is 0 Å². The largest absolute Gasteiger partial charge is 0.366 e. The van der Waals surface area contributed by atoms with Crippen LogP contribution < -0.4 is 10.2 Å². The van der Waals surface area contributed by atoms with Gasteiger partial charge in [-0.05, 0) is 56.8 Å². The highest BCUT2D eigenvalue weighted by Gasteiger charge is 2.34. The van der Waals surface area contributed by atoms with Crippen molar-refractivity contribution < 1.29 is 0 Å². The number of fused-ring (bicyclic) bond motifs is 1. The van der Waals surface area contributed by atoms with Crippen LogP contribution in [0.4, 0.5) is 5.69 Å². The molecule has 3 nitrogen and oxygen atoms in total. The lowest BCUT2D eigenvalue weighted by Gasteiger charge is -2.43. The van der Waals surface area contributed by atoms with Crippen LogP contribution in [0.2, 0.25) is 0 Å². The first kappa shape index (κ1) is 13.6. The van der Waals surface area contributed by atoms with Gasteiger partial charge in [0, 0.05) is 43.4 Å². The van der Waals surface area contributed by atoms with Gasteiger partial charge in [0.1, 0.15) is 0 Å². The van der Waals surface area contributed by atoms with Crippen molar-refractivity contribution in [2.45, 2.75) is 57.3 Å². The van der Waals surface area contributed by atoms with Crippen molar-refractivity contribution in [2.75, 3.05) is 24.5 Å². The summed E-state index contributed by atoms with van der Waals surface area (Å²) >= 11 is 0. The second-order valence-corrected chi connectivity index (χ2v) is 7.11. The number of hydrogen-bond donors (Lipinski definition) is 1. The Morgan fingerprint density at radius 2 is 1.90 bits per heavy atom. The number of anilines is 1. The minimum atomic E-state index is 0.634. The van der Waals surface area contributed by atoms with E-state index in [1.54, 1.807) is 0 Å². The molecule has 3 aliphatic rings. The maximum absolute atomic E-state index is 3.59. The molecule has 2 aliphatic heterocycles. The molecular weight excluding hydrogens is 258 g/mol. The van der Waals surface area contributed by atoms with Gasteiger partial charge in [0.15, 0.2) is 0 Å². The highest BCUT2D eigenvalue weighted by Crippen LogP contribution is 2.29. The summed E-state index contributed by atoms with van der Waals surface area (Å²) < 4.78 is 0. The van der Waals surface area contributed by atoms with E-state index in [1.165, 1.54) is 56.6 Å². The van der Waals surface area contributed by atoms with Crippen LogP contribution in [0.25, 0.3) is 0 Å². The molecule has 4 rings (SSSR count). The zero-order valence-corrected chi connectivity index (χ0v) is 13.1. The van der Waals surface area contributed by atoms with Gasteiger partial charge in [-0.3, -0.25) is 4.90 Å². The zero-order chi connectivity index (χ0) is 14.2. The third-order valence-electron chi connectivity index (χ3n) is 5.38. The molecule has 0 amide bonds. The van der Waals surface area contributed by atoms with Gasteiger partial charge in [-0.25, -0.2) is 0 Å². The Morgan fingerprint density at radius 3 is 2.67 bits per heavy atom. The fraction of sp³-hybridized carbons (Fsp3) is 0.667. The lowest BCUT2D eigenvalue weighted by molar-refractivity contribution is 0.203. The number of rotatable bonds is 4. The molecule has 0 spiro atoms. The quantitative estimate of drug-likeness (QED) is 0.917. The van der Waals surface area contributed by atoms with Crippen LogP contribution in [0.15, 0.2) is 24.3 Å². The van der Waals surface area contributed by atoms with E-state index in [0.717, 1.165) is 18.6 Å². The number of piperazine rings is 1. The number of hydrogen-bond acceptors (Lipinski definition) is 3. The Kier molecular flexibility index (Phi) is 3.64. The van der Waals surface area contributed by atoms with E-state index in [0.29, 0.717) is 6.04 Å². The van der Waals surface area contributed by atoms with E-state index in [-0.39, 0.29) is 0 Å². The molecule has 3 heteroatoms. The Balaban J connectivity index is 1.42. The molecule has 0 aromatic heterocycles. The first-order valence-corrected chi connectivity index (χ1v) is 8.62. The molecule has 3 fully saturated rings. The van der Waals surface area contributed by atoms with Gasteiger partial charge >= 0.3 is 0 Å². The van der Waals surface area contributed by atoms with E-state index in [1.807, 2.05) is 0 Å². The Hall–Kier alpha value is -1.06. The third kappa shape index (κ3) is 2.95. The average Bonchev–Trinajstić information content (AvgIpc) is 3.23. The van der Waals surface area contributed by atoms with Crippen LogP contribution in [0, 0.1) is 0 Å². The minimum absolute atomic E-state index is 0.634. The Labute approximate surface area is 128 Å². The smallest absolute Gasteiger partial charge is 0.0389 e. The predicted octanol–water partition coefficient (Wildman–Crippen LogP) is 2.61. The minimum Gasteiger partial charge on any atom is -0.366 e. The molecule has 1 N–H and O–H groups in total. The fourth-order valence-electron chi connectivity index (χ4n) is 3.90. The van der Waals surface area contributed by atoms with E-state index in [2.05, 4.69) is 46.3 Å². The van der Waals surface area contributed by atoms with E-state index in [4.69, 9.17) is 0 Å². The Bertz CT molecular complexity index is 480. The average molecular weight is 285 g/mol. The standard InChI is InChI=1S/C18H27N3/c1-14-12-20-10-2-3-18(20)13-21(14)17-8-4-15(5-9-17)11-19-16-6-7-16/h4-5,8-9,14,16,18-19H,2-3,6-7,10-13H2,1H3. The van der Waals surface area contributed by atoms with Gasteiger partial charge in [-0.2, -0.15) is 0 Å². The van der Waals surface area contributed by atoms with E-state index >= 15 is 0 Å². The molecule has 114 valence electrons. The summed E-state index contributed by atoms with van der Waals surface area (Å²) in [5.74, 6) is 0. The van der Waals surface area contributed by atoms with Gasteiger partial charge in [-0.1, -0.05) is 12.1 Å². The van der Waals surface area contributed by atoms with Crippen molar-refractivity contribution in [3.05, 3.63) is 29.8 Å². The summed E-state index contributed by atoms with van der Waals surface area (Å²) in [5.41, 5.74) is 2.82. The fourth-order valence-corrected chi connectivity index (χ4v) is 3.90. The molecule has 0 bridgehead atoms. The van der Waals surface area contributed by atoms with E-state index < -0.39 is 0 Å². The Morgan fingerprint density at radius 1 is 1.10 bits per heavy atom. The lowest BCUT2D eigenvalue weighted by atomic mass is 10.1. The van der Waals surface area contributed by atoms with Crippen molar-refractivity contribution in [2.24, 2.45) is 0 Å². The first-order valence-electron chi connectivity index (χ1n) is 8.62. The molecule has 1 saturated carbocycles. The molecule has 1 aromatic carbocycles. The van der Waals surface area contributed by atoms with Gasteiger partial charge < -0.3 is 10.2 Å². The van der Waals surface area contributed by atoms with Crippen molar-refractivity contribution in [3.63, 3.8) is 0 Å². The van der Waals surface area contributed by atoms with Crippen LogP contribution in [-0.2, 0) is 6.54 Å². The summed E-state index contributed by atoms with van der Waals surface area (Å²) in [6.07, 6.45) is 5.49. The second kappa shape index (κ2) is 5.62. The van der Waals surface area contributed by atoms with Crippen LogP contribution in [0.3, 0.4) is 0 Å². The van der Waals surface area contributed by atoms with Gasteiger partial charge in [0.2, 0.25) is 0 Å². The van der Waals surface area contributed by atoms with E-state index in [9.17, 15) is 0 Å². The van der Waals surface area contributed by atoms with Crippen molar-refractivity contribution >= 4 is 5.69 Å². The van der Waals surface area contributed by atoms with Crippen LogP contribution in [-0.4, -0.2) is 42.7 Å². The maximum Gasteiger partial charge on any atom is 0.0389 e. The summed E-state index contributed by atoms with van der Waals surface area (Å²) in [5, 5.41) is 3.59. The predicted molar refractivity (Wildman–Crippen MR) is 87.7 cm³/mol. The highest BCUT2D eigenvalue weighted by atomic mass is 15.3. The number of nitrogens with zero attached hydrogens (tertiary/aromatic N) is 2. The first-order chi connectivity index (χ1) is 10.3. The summed E-state index contributed by atoms with van der Waals surface area (Å²) in [6, 6.07) is 11.5. The topological polar surface area (TPSA) is 18.5 Å². The molecular formula is C18H27N3. The molecule has 0 radical (unpaired) electrons. The molecule has 2 unspecified atom stereocenters. The molecule has 1 aromatic rings. The molecule has 1 aliphatic carbocycles. The normalized spacial score (nSPS) is 29.7. The van der Waals surface area contributed by atoms with Crippen LogP contribution in [0.1, 0.15) is 38.2 Å². The molecule has 21 heavy (non-hydrogen) atoms. The van der Waals surface area contributed by atoms with Crippen molar-refractivity contribution in [3.8, 4) is 0 Å². The number of benzene rings is 1. The van der Waals surface area contributed by atoms with Gasteiger partial charge in [0.25, 0.3) is 0 Å². The third-order valence-corrected chi connectivity index (χ3v) is 5.38. The van der Waals surface area contributed by atoms with Crippen molar-refractivity contribution in [1.82, 2.24) is 10.2 Å². The number of nitrogens with one attached hydrogen (secondary N) is 1. The molecule has 2 heterocycles. The zero-order valence-electron chi connectivity index (χ0n) is 13.1. The SMILES string of the molecule is CC1CN2CCCC2CN1c1ccc(CNC2CC2)cc1.